The minimum Gasteiger partial charge on any atom is -0.392 e. The molecule has 0 aromatic heterocycles. The SMILES string of the molecule is OCC=CC=CC=Cc1ccc(C(F)(F)F)cc1. The fraction of sp³-hybridized carbons (Fsp3) is 0.143. The normalized spacial score (nSPS) is 13.1. The largest absolute Gasteiger partial charge is 0.416 e. The van der Waals surface area contributed by atoms with E-state index in [9.17, 15) is 13.2 Å². The van der Waals surface area contributed by atoms with E-state index in [0.29, 0.717) is 5.56 Å². The Balaban J connectivity index is 2.61. The van der Waals surface area contributed by atoms with E-state index in [2.05, 4.69) is 0 Å². The van der Waals surface area contributed by atoms with E-state index >= 15 is 0 Å². The third-order valence-electron chi connectivity index (χ3n) is 2.10. The number of aliphatic hydroxyl groups is 1. The number of alkyl halides is 3. The fourth-order valence-corrected chi connectivity index (χ4v) is 1.22. The molecule has 18 heavy (non-hydrogen) atoms. The van der Waals surface area contributed by atoms with Crippen molar-refractivity contribution >= 4 is 6.08 Å². The topological polar surface area (TPSA) is 20.2 Å². The molecule has 1 aromatic carbocycles. The summed E-state index contributed by atoms with van der Waals surface area (Å²) in [5, 5.41) is 8.46. The van der Waals surface area contributed by atoms with Gasteiger partial charge in [0.25, 0.3) is 0 Å². The van der Waals surface area contributed by atoms with Gasteiger partial charge in [0.05, 0.1) is 12.2 Å². The molecule has 0 saturated heterocycles. The summed E-state index contributed by atoms with van der Waals surface area (Å²) in [4.78, 5) is 0. The van der Waals surface area contributed by atoms with Crippen LogP contribution >= 0.6 is 0 Å². The zero-order chi connectivity index (χ0) is 13.4. The highest BCUT2D eigenvalue weighted by atomic mass is 19.4. The standard InChI is InChI=1S/C14H13F3O/c15-14(16,17)13-9-7-12(8-10-13)6-4-2-1-3-5-11-18/h1-10,18H,11H2. The minimum atomic E-state index is -4.29. The highest BCUT2D eigenvalue weighted by Crippen LogP contribution is 2.29. The predicted molar refractivity (Wildman–Crippen MR) is 65.8 cm³/mol. The van der Waals surface area contributed by atoms with Gasteiger partial charge in [-0.1, -0.05) is 48.6 Å². The number of rotatable bonds is 4. The van der Waals surface area contributed by atoms with Gasteiger partial charge < -0.3 is 5.11 Å². The van der Waals surface area contributed by atoms with E-state index in [1.807, 2.05) is 0 Å². The lowest BCUT2D eigenvalue weighted by molar-refractivity contribution is -0.137. The molecular formula is C14H13F3O. The number of hydrogen-bond donors (Lipinski definition) is 1. The molecule has 0 amide bonds. The van der Waals surface area contributed by atoms with E-state index in [1.165, 1.54) is 12.1 Å². The average molecular weight is 254 g/mol. The molecule has 0 heterocycles. The van der Waals surface area contributed by atoms with Gasteiger partial charge in [-0.05, 0) is 17.7 Å². The molecule has 0 unspecified atom stereocenters. The van der Waals surface area contributed by atoms with Gasteiger partial charge in [0.15, 0.2) is 0 Å². The maximum Gasteiger partial charge on any atom is 0.416 e. The van der Waals surface area contributed by atoms with Crippen molar-refractivity contribution in [3.8, 4) is 0 Å². The minimum absolute atomic E-state index is 0.0209. The molecule has 1 aromatic rings. The maximum absolute atomic E-state index is 12.3. The third-order valence-corrected chi connectivity index (χ3v) is 2.10. The lowest BCUT2D eigenvalue weighted by atomic mass is 10.1. The Bertz CT molecular complexity index is 439. The Kier molecular flexibility index (Phi) is 5.39. The molecule has 0 spiro atoms. The van der Waals surface area contributed by atoms with Crippen LogP contribution < -0.4 is 0 Å². The molecule has 0 atom stereocenters. The van der Waals surface area contributed by atoms with Gasteiger partial charge in [0.2, 0.25) is 0 Å². The maximum atomic E-state index is 12.3. The van der Waals surface area contributed by atoms with E-state index in [0.717, 1.165) is 12.1 Å². The van der Waals surface area contributed by atoms with Gasteiger partial charge in [-0.3, -0.25) is 0 Å². The second kappa shape index (κ2) is 6.81. The molecule has 0 radical (unpaired) electrons. The van der Waals surface area contributed by atoms with Gasteiger partial charge in [0, 0.05) is 0 Å². The predicted octanol–water partition coefficient (Wildman–Crippen LogP) is 3.82. The van der Waals surface area contributed by atoms with Gasteiger partial charge in [-0.25, -0.2) is 0 Å². The Morgan fingerprint density at radius 1 is 0.944 bits per heavy atom. The quantitative estimate of drug-likeness (QED) is 0.810. The number of benzene rings is 1. The van der Waals surface area contributed by atoms with E-state index in [4.69, 9.17) is 5.11 Å². The summed E-state index contributed by atoms with van der Waals surface area (Å²) in [6, 6.07) is 4.93. The molecule has 1 rings (SSSR count). The molecule has 0 fully saturated rings. The van der Waals surface area contributed by atoms with Crippen LogP contribution in [0, 0.1) is 0 Å². The first-order valence-electron chi connectivity index (χ1n) is 5.32. The molecule has 1 N–H and O–H groups in total. The van der Waals surface area contributed by atoms with Crippen LogP contribution in [0.2, 0.25) is 0 Å². The zero-order valence-electron chi connectivity index (χ0n) is 9.56. The van der Waals surface area contributed by atoms with Crippen molar-refractivity contribution < 1.29 is 18.3 Å². The van der Waals surface area contributed by atoms with Gasteiger partial charge in [-0.2, -0.15) is 13.2 Å². The molecular weight excluding hydrogens is 241 g/mol. The van der Waals surface area contributed by atoms with E-state index < -0.39 is 11.7 Å². The number of aliphatic hydroxyl groups excluding tert-OH is 1. The van der Waals surface area contributed by atoms with Crippen LogP contribution in [0.1, 0.15) is 11.1 Å². The van der Waals surface area contributed by atoms with Crippen molar-refractivity contribution in [3.63, 3.8) is 0 Å². The molecule has 0 aliphatic carbocycles. The first-order valence-corrected chi connectivity index (χ1v) is 5.32. The summed E-state index contributed by atoms with van der Waals surface area (Å²) in [6.45, 7) is -0.0209. The second-order valence-electron chi connectivity index (χ2n) is 3.47. The van der Waals surface area contributed by atoms with Crippen molar-refractivity contribution in [2.45, 2.75) is 6.18 Å². The lowest BCUT2D eigenvalue weighted by Crippen LogP contribution is -2.03. The first-order chi connectivity index (χ1) is 8.54. The van der Waals surface area contributed by atoms with Crippen LogP contribution in [-0.2, 0) is 6.18 Å². The monoisotopic (exact) mass is 254 g/mol. The molecule has 4 heteroatoms. The van der Waals surface area contributed by atoms with E-state index in [-0.39, 0.29) is 6.61 Å². The van der Waals surface area contributed by atoms with Crippen LogP contribution in [0.15, 0.2) is 54.6 Å². The molecule has 0 saturated carbocycles. The van der Waals surface area contributed by atoms with Crippen LogP contribution in [0.4, 0.5) is 13.2 Å². The fourth-order valence-electron chi connectivity index (χ4n) is 1.22. The summed E-state index contributed by atoms with van der Waals surface area (Å²) in [5.74, 6) is 0. The molecule has 1 nitrogen and oxygen atoms in total. The second-order valence-corrected chi connectivity index (χ2v) is 3.47. The number of allylic oxidation sites excluding steroid dienone is 4. The lowest BCUT2D eigenvalue weighted by Gasteiger charge is -2.05. The summed E-state index contributed by atoms with van der Waals surface area (Å²) in [5.41, 5.74) is 0.0415. The highest BCUT2D eigenvalue weighted by Gasteiger charge is 2.29. The third kappa shape index (κ3) is 5.01. The van der Waals surface area contributed by atoms with Crippen molar-refractivity contribution in [1.29, 1.82) is 0 Å². The molecule has 0 aliphatic heterocycles. The first kappa shape index (κ1) is 14.3. The molecule has 0 aliphatic rings. The summed E-state index contributed by atoms with van der Waals surface area (Å²) < 4.78 is 36.9. The van der Waals surface area contributed by atoms with Crippen LogP contribution in [0.25, 0.3) is 6.08 Å². The van der Waals surface area contributed by atoms with Crippen molar-refractivity contribution in [2.75, 3.05) is 6.61 Å². The number of hydrogen-bond acceptors (Lipinski definition) is 1. The van der Waals surface area contributed by atoms with Gasteiger partial charge >= 0.3 is 6.18 Å². The Morgan fingerprint density at radius 3 is 2.11 bits per heavy atom. The number of halogens is 3. The smallest absolute Gasteiger partial charge is 0.392 e. The Labute approximate surface area is 104 Å². The average Bonchev–Trinajstić information content (AvgIpc) is 2.33. The highest BCUT2D eigenvalue weighted by molar-refractivity contribution is 5.51. The Morgan fingerprint density at radius 2 is 1.56 bits per heavy atom. The summed E-state index contributed by atoms with van der Waals surface area (Å²) >= 11 is 0. The zero-order valence-corrected chi connectivity index (χ0v) is 9.56. The van der Waals surface area contributed by atoms with Gasteiger partial charge in [-0.15, -0.1) is 0 Å². The Hall–Kier alpha value is -1.81. The van der Waals surface area contributed by atoms with Crippen LogP contribution in [0.3, 0.4) is 0 Å². The van der Waals surface area contributed by atoms with Gasteiger partial charge in [0.1, 0.15) is 0 Å². The van der Waals surface area contributed by atoms with Crippen LogP contribution in [0.5, 0.6) is 0 Å². The summed E-state index contributed by atoms with van der Waals surface area (Å²) in [6.07, 6.45) is 5.81. The van der Waals surface area contributed by atoms with Crippen molar-refractivity contribution in [3.05, 3.63) is 65.8 Å². The van der Waals surface area contributed by atoms with Crippen molar-refractivity contribution in [2.24, 2.45) is 0 Å². The van der Waals surface area contributed by atoms with E-state index in [1.54, 1.807) is 36.5 Å². The summed E-state index contributed by atoms with van der Waals surface area (Å²) in [7, 11) is 0. The molecule has 96 valence electrons. The molecule has 0 bridgehead atoms. The van der Waals surface area contributed by atoms with Crippen molar-refractivity contribution in [1.82, 2.24) is 0 Å². The van der Waals surface area contributed by atoms with Crippen LogP contribution in [-0.4, -0.2) is 11.7 Å².